The average molecular weight is 287 g/mol. The third kappa shape index (κ3) is 5.46. The number of amides is 1. The van der Waals surface area contributed by atoms with Gasteiger partial charge in [0, 0.05) is 11.6 Å². The molecule has 5 nitrogen and oxygen atoms in total. The van der Waals surface area contributed by atoms with Crippen molar-refractivity contribution in [1.29, 1.82) is 0 Å². The van der Waals surface area contributed by atoms with Crippen LogP contribution in [0.3, 0.4) is 0 Å². The molecule has 0 saturated heterocycles. The largest absolute Gasteiger partial charge is 0.489 e. The minimum Gasteiger partial charge on any atom is -0.489 e. The summed E-state index contributed by atoms with van der Waals surface area (Å²) in [4.78, 5) is 11.6. The number of anilines is 1. The summed E-state index contributed by atoms with van der Waals surface area (Å²) in [5.74, 6) is 0.245. The van der Waals surface area contributed by atoms with Gasteiger partial charge < -0.3 is 20.5 Å². The topological polar surface area (TPSA) is 73.6 Å². The zero-order chi connectivity index (χ0) is 14.3. The first-order chi connectivity index (χ1) is 9.04. The van der Waals surface area contributed by atoms with Crippen molar-refractivity contribution in [3.8, 4) is 5.75 Å². The molecule has 0 spiro atoms. The molecule has 1 rings (SSSR count). The van der Waals surface area contributed by atoms with Crippen molar-refractivity contribution in [3.63, 3.8) is 0 Å². The van der Waals surface area contributed by atoms with E-state index in [-0.39, 0.29) is 5.91 Å². The highest BCUT2D eigenvalue weighted by Crippen LogP contribution is 2.28. The molecule has 1 aromatic rings. The second kappa shape index (κ2) is 7.99. The molecule has 1 aromatic carbocycles. The number of nitrogens with one attached hydrogen (secondary N) is 1. The van der Waals surface area contributed by atoms with Gasteiger partial charge >= 0.3 is 0 Å². The molecule has 0 unspecified atom stereocenters. The van der Waals surface area contributed by atoms with Gasteiger partial charge in [0.1, 0.15) is 12.4 Å². The third-order valence-corrected chi connectivity index (χ3v) is 2.54. The van der Waals surface area contributed by atoms with Gasteiger partial charge in [0.15, 0.2) is 0 Å². The van der Waals surface area contributed by atoms with Crippen LogP contribution in [-0.4, -0.2) is 31.8 Å². The van der Waals surface area contributed by atoms with E-state index in [1.807, 2.05) is 6.92 Å². The maximum absolute atomic E-state index is 11.6. The standard InChI is InChI=1S/C13H19ClN2O3/c1-3-18-6-7-19-12-5-4-10(14)8-11(12)16-13(17)9(2)15/h4-5,8-9H,3,6-7,15H2,1-2H3,(H,16,17)/t9-/m0/s1. The molecule has 19 heavy (non-hydrogen) atoms. The lowest BCUT2D eigenvalue weighted by molar-refractivity contribution is -0.117. The predicted molar refractivity (Wildman–Crippen MR) is 75.7 cm³/mol. The summed E-state index contributed by atoms with van der Waals surface area (Å²) in [6, 6.07) is 4.41. The Hall–Kier alpha value is -1.30. The van der Waals surface area contributed by atoms with Crippen LogP contribution in [0.1, 0.15) is 13.8 Å². The number of halogens is 1. The van der Waals surface area contributed by atoms with Gasteiger partial charge in [-0.15, -0.1) is 0 Å². The van der Waals surface area contributed by atoms with Crippen molar-refractivity contribution in [2.24, 2.45) is 5.73 Å². The molecule has 6 heteroatoms. The Morgan fingerprint density at radius 2 is 2.21 bits per heavy atom. The molecule has 0 saturated carbocycles. The van der Waals surface area contributed by atoms with Crippen molar-refractivity contribution in [3.05, 3.63) is 23.2 Å². The summed E-state index contributed by atoms with van der Waals surface area (Å²) in [6.45, 7) is 5.04. The van der Waals surface area contributed by atoms with Crippen LogP contribution in [0, 0.1) is 0 Å². The van der Waals surface area contributed by atoms with Crippen LogP contribution in [0.2, 0.25) is 5.02 Å². The number of hydrogen-bond acceptors (Lipinski definition) is 4. The SMILES string of the molecule is CCOCCOc1ccc(Cl)cc1NC(=O)[C@H](C)N. The fourth-order valence-corrected chi connectivity index (χ4v) is 1.50. The van der Waals surface area contributed by atoms with Gasteiger partial charge in [-0.2, -0.15) is 0 Å². The molecule has 0 aromatic heterocycles. The lowest BCUT2D eigenvalue weighted by Gasteiger charge is -2.14. The summed E-state index contributed by atoms with van der Waals surface area (Å²) < 4.78 is 10.7. The quantitative estimate of drug-likeness (QED) is 0.752. The Bertz CT molecular complexity index is 424. The molecular formula is C13H19ClN2O3. The Morgan fingerprint density at radius 1 is 1.47 bits per heavy atom. The van der Waals surface area contributed by atoms with Gasteiger partial charge in [-0.1, -0.05) is 11.6 Å². The maximum Gasteiger partial charge on any atom is 0.241 e. The number of nitrogens with two attached hydrogens (primary N) is 1. The van der Waals surface area contributed by atoms with E-state index in [0.29, 0.717) is 36.3 Å². The highest BCUT2D eigenvalue weighted by Gasteiger charge is 2.12. The average Bonchev–Trinajstić information content (AvgIpc) is 2.36. The van der Waals surface area contributed by atoms with Crippen molar-refractivity contribution in [2.75, 3.05) is 25.1 Å². The summed E-state index contributed by atoms with van der Waals surface area (Å²) in [6.07, 6.45) is 0. The van der Waals surface area contributed by atoms with E-state index in [4.69, 9.17) is 26.8 Å². The minimum absolute atomic E-state index is 0.295. The number of carbonyl (C=O) groups is 1. The fourth-order valence-electron chi connectivity index (χ4n) is 1.33. The highest BCUT2D eigenvalue weighted by molar-refractivity contribution is 6.31. The smallest absolute Gasteiger partial charge is 0.241 e. The molecule has 0 aliphatic carbocycles. The Labute approximate surface area is 118 Å². The number of carbonyl (C=O) groups excluding carboxylic acids is 1. The van der Waals surface area contributed by atoms with Crippen LogP contribution in [0.25, 0.3) is 0 Å². The summed E-state index contributed by atoms with van der Waals surface area (Å²) in [5.41, 5.74) is 6.01. The molecule has 0 aliphatic rings. The second-order valence-electron chi connectivity index (χ2n) is 3.96. The monoisotopic (exact) mass is 286 g/mol. The van der Waals surface area contributed by atoms with Crippen LogP contribution >= 0.6 is 11.6 Å². The molecule has 0 fully saturated rings. The summed E-state index contributed by atoms with van der Waals surface area (Å²) in [7, 11) is 0. The predicted octanol–water partition coefficient (Wildman–Crippen LogP) is 2.04. The molecule has 3 N–H and O–H groups in total. The lowest BCUT2D eigenvalue weighted by Crippen LogP contribution is -2.32. The first-order valence-electron chi connectivity index (χ1n) is 6.11. The van der Waals surface area contributed by atoms with Crippen molar-refractivity contribution >= 4 is 23.2 Å². The fraction of sp³-hybridized carbons (Fsp3) is 0.462. The van der Waals surface area contributed by atoms with E-state index in [0.717, 1.165) is 0 Å². The third-order valence-electron chi connectivity index (χ3n) is 2.30. The van der Waals surface area contributed by atoms with Crippen LogP contribution < -0.4 is 15.8 Å². The first-order valence-corrected chi connectivity index (χ1v) is 6.49. The van der Waals surface area contributed by atoms with E-state index in [9.17, 15) is 4.79 Å². The molecule has 0 bridgehead atoms. The minimum atomic E-state index is -0.602. The van der Waals surface area contributed by atoms with E-state index in [1.165, 1.54) is 0 Å². The van der Waals surface area contributed by atoms with Gasteiger partial charge in [0.2, 0.25) is 5.91 Å². The number of ether oxygens (including phenoxy) is 2. The van der Waals surface area contributed by atoms with Crippen molar-refractivity contribution < 1.29 is 14.3 Å². The molecule has 0 heterocycles. The highest BCUT2D eigenvalue weighted by atomic mass is 35.5. The summed E-state index contributed by atoms with van der Waals surface area (Å²) in [5, 5.41) is 3.19. The van der Waals surface area contributed by atoms with Gasteiger partial charge in [-0.3, -0.25) is 4.79 Å². The van der Waals surface area contributed by atoms with Crippen LogP contribution in [0.4, 0.5) is 5.69 Å². The van der Waals surface area contributed by atoms with Gasteiger partial charge in [-0.25, -0.2) is 0 Å². The lowest BCUT2D eigenvalue weighted by atomic mass is 10.2. The zero-order valence-electron chi connectivity index (χ0n) is 11.1. The van der Waals surface area contributed by atoms with E-state index < -0.39 is 6.04 Å². The van der Waals surface area contributed by atoms with Gasteiger partial charge in [-0.05, 0) is 32.0 Å². The van der Waals surface area contributed by atoms with E-state index >= 15 is 0 Å². The first kappa shape index (κ1) is 15.8. The zero-order valence-corrected chi connectivity index (χ0v) is 11.9. The molecule has 1 amide bonds. The van der Waals surface area contributed by atoms with E-state index in [1.54, 1.807) is 25.1 Å². The van der Waals surface area contributed by atoms with Crippen molar-refractivity contribution in [1.82, 2.24) is 0 Å². The van der Waals surface area contributed by atoms with Crippen LogP contribution in [-0.2, 0) is 9.53 Å². The van der Waals surface area contributed by atoms with Gasteiger partial charge in [0.05, 0.1) is 18.3 Å². The second-order valence-corrected chi connectivity index (χ2v) is 4.40. The number of rotatable bonds is 7. The van der Waals surface area contributed by atoms with E-state index in [2.05, 4.69) is 5.32 Å². The Kier molecular flexibility index (Phi) is 6.62. The number of hydrogen-bond donors (Lipinski definition) is 2. The molecule has 0 aliphatic heterocycles. The van der Waals surface area contributed by atoms with Gasteiger partial charge in [0.25, 0.3) is 0 Å². The number of benzene rings is 1. The van der Waals surface area contributed by atoms with Crippen LogP contribution in [0.5, 0.6) is 5.75 Å². The maximum atomic E-state index is 11.6. The molecular weight excluding hydrogens is 268 g/mol. The molecule has 106 valence electrons. The Morgan fingerprint density at radius 3 is 2.84 bits per heavy atom. The summed E-state index contributed by atoms with van der Waals surface area (Å²) >= 11 is 5.90. The Balaban J connectivity index is 2.71. The molecule has 0 radical (unpaired) electrons. The normalized spacial score (nSPS) is 12.0. The van der Waals surface area contributed by atoms with Crippen molar-refractivity contribution in [2.45, 2.75) is 19.9 Å². The van der Waals surface area contributed by atoms with Crippen LogP contribution in [0.15, 0.2) is 18.2 Å². The molecule has 1 atom stereocenters.